The zero-order chi connectivity index (χ0) is 14.1. The van der Waals surface area contributed by atoms with Crippen molar-refractivity contribution < 1.29 is 0 Å². The van der Waals surface area contributed by atoms with E-state index in [1.165, 1.54) is 38.1 Å². The second-order valence-corrected chi connectivity index (χ2v) is 6.76. The minimum atomic E-state index is 0.538. The number of imidazole rings is 1. The molecule has 0 amide bonds. The summed E-state index contributed by atoms with van der Waals surface area (Å²) in [5.41, 5.74) is 1.16. The van der Waals surface area contributed by atoms with Gasteiger partial charge in [-0.2, -0.15) is 0 Å². The highest BCUT2D eigenvalue weighted by Crippen LogP contribution is 2.32. The summed E-state index contributed by atoms with van der Waals surface area (Å²) in [4.78, 5) is 7.32. The third-order valence-corrected chi connectivity index (χ3v) is 4.64. The third kappa shape index (κ3) is 2.85. The number of hydrogen-bond acceptors (Lipinski definition) is 3. The molecule has 2 aliphatic rings. The zero-order valence-corrected chi connectivity index (χ0v) is 13.1. The Hall–Kier alpha value is -1.03. The van der Waals surface area contributed by atoms with E-state index in [4.69, 9.17) is 4.98 Å². The van der Waals surface area contributed by atoms with Gasteiger partial charge in [0.25, 0.3) is 0 Å². The summed E-state index contributed by atoms with van der Waals surface area (Å²) in [6.07, 6.45) is 9.05. The smallest absolute Gasteiger partial charge is 0.206 e. The van der Waals surface area contributed by atoms with E-state index >= 15 is 0 Å². The molecule has 2 unspecified atom stereocenters. The number of aryl methyl sites for hydroxylation is 1. The van der Waals surface area contributed by atoms with Gasteiger partial charge in [-0.15, -0.1) is 0 Å². The molecule has 1 aliphatic carbocycles. The van der Waals surface area contributed by atoms with Crippen LogP contribution in [0.2, 0.25) is 0 Å². The Bertz CT molecular complexity index is 437. The summed E-state index contributed by atoms with van der Waals surface area (Å²) in [5.74, 6) is 1.20. The van der Waals surface area contributed by atoms with E-state index in [-0.39, 0.29) is 0 Å². The van der Waals surface area contributed by atoms with Gasteiger partial charge in [0.05, 0.1) is 5.69 Å². The van der Waals surface area contributed by atoms with E-state index < -0.39 is 0 Å². The highest BCUT2D eigenvalue weighted by atomic mass is 15.3. The Morgan fingerprint density at radius 3 is 2.40 bits per heavy atom. The molecule has 1 N–H and O–H groups in total. The normalized spacial score (nSPS) is 28.9. The van der Waals surface area contributed by atoms with Gasteiger partial charge >= 0.3 is 0 Å². The first-order valence-corrected chi connectivity index (χ1v) is 8.20. The highest BCUT2D eigenvalue weighted by Gasteiger charge is 2.27. The molecule has 0 bridgehead atoms. The van der Waals surface area contributed by atoms with Crippen molar-refractivity contribution in [3.05, 3.63) is 11.9 Å². The van der Waals surface area contributed by atoms with Gasteiger partial charge in [-0.3, -0.25) is 0 Å². The largest absolute Gasteiger partial charge is 0.339 e. The van der Waals surface area contributed by atoms with E-state index in [9.17, 15) is 0 Å². The molecule has 1 aromatic rings. The average Bonchev–Trinajstić information content (AvgIpc) is 2.81. The Balaban J connectivity index is 1.84. The highest BCUT2D eigenvalue weighted by molar-refractivity contribution is 5.36. The lowest BCUT2D eigenvalue weighted by Crippen LogP contribution is -2.55. The van der Waals surface area contributed by atoms with E-state index in [1.54, 1.807) is 0 Å². The minimum Gasteiger partial charge on any atom is -0.339 e. The van der Waals surface area contributed by atoms with Gasteiger partial charge in [0.15, 0.2) is 0 Å². The quantitative estimate of drug-likeness (QED) is 0.901. The standard InChI is InChI=1S/C16H28N4/c1-12-9-19(10-13(2)17-12)16-18-14(3)11-20(16)15-7-5-4-6-8-15/h11-13,15,17H,4-10H2,1-3H3. The molecule has 2 heterocycles. The van der Waals surface area contributed by atoms with Gasteiger partial charge < -0.3 is 14.8 Å². The van der Waals surface area contributed by atoms with Crippen LogP contribution in [0.5, 0.6) is 0 Å². The molecule has 1 saturated carbocycles. The van der Waals surface area contributed by atoms with Crippen molar-refractivity contribution >= 4 is 5.95 Å². The molecule has 4 nitrogen and oxygen atoms in total. The number of nitrogens with zero attached hydrogens (tertiary/aromatic N) is 3. The fourth-order valence-electron chi connectivity index (χ4n) is 3.86. The Kier molecular flexibility index (Phi) is 4.01. The van der Waals surface area contributed by atoms with E-state index in [1.807, 2.05) is 0 Å². The summed E-state index contributed by atoms with van der Waals surface area (Å²) in [5, 5.41) is 3.61. The summed E-state index contributed by atoms with van der Waals surface area (Å²) >= 11 is 0. The first kappa shape index (κ1) is 13.9. The molecular weight excluding hydrogens is 248 g/mol. The lowest BCUT2D eigenvalue weighted by Gasteiger charge is -2.38. The number of hydrogen-bond donors (Lipinski definition) is 1. The van der Waals surface area contributed by atoms with Gasteiger partial charge in [-0.05, 0) is 33.6 Å². The number of rotatable bonds is 2. The second-order valence-electron chi connectivity index (χ2n) is 6.76. The van der Waals surface area contributed by atoms with Crippen molar-refractivity contribution in [3.8, 4) is 0 Å². The van der Waals surface area contributed by atoms with Gasteiger partial charge in [-0.25, -0.2) is 4.98 Å². The number of aromatic nitrogens is 2. The minimum absolute atomic E-state index is 0.538. The molecule has 1 aliphatic heterocycles. The Labute approximate surface area is 122 Å². The van der Waals surface area contributed by atoms with E-state index in [0.717, 1.165) is 18.8 Å². The molecule has 1 saturated heterocycles. The molecule has 3 rings (SSSR count). The van der Waals surface area contributed by atoms with Crippen molar-refractivity contribution in [1.82, 2.24) is 14.9 Å². The lowest BCUT2D eigenvalue weighted by atomic mass is 9.95. The van der Waals surface area contributed by atoms with E-state index in [2.05, 4.69) is 41.8 Å². The third-order valence-electron chi connectivity index (χ3n) is 4.64. The van der Waals surface area contributed by atoms with Crippen molar-refractivity contribution in [3.63, 3.8) is 0 Å². The van der Waals surface area contributed by atoms with Crippen LogP contribution in [-0.4, -0.2) is 34.7 Å². The van der Waals surface area contributed by atoms with E-state index in [0.29, 0.717) is 18.1 Å². The summed E-state index contributed by atoms with van der Waals surface area (Å²) in [7, 11) is 0. The van der Waals surface area contributed by atoms with Gasteiger partial charge in [-0.1, -0.05) is 19.3 Å². The number of anilines is 1. The fourth-order valence-corrected chi connectivity index (χ4v) is 3.86. The lowest BCUT2D eigenvalue weighted by molar-refractivity contribution is 0.345. The van der Waals surface area contributed by atoms with Crippen LogP contribution < -0.4 is 10.2 Å². The van der Waals surface area contributed by atoms with Crippen LogP contribution in [0.1, 0.15) is 57.7 Å². The predicted octanol–water partition coefficient (Wildman–Crippen LogP) is 2.88. The molecule has 0 radical (unpaired) electrons. The van der Waals surface area contributed by atoms with Crippen molar-refractivity contribution in [2.45, 2.75) is 71.0 Å². The van der Waals surface area contributed by atoms with Crippen LogP contribution >= 0.6 is 0 Å². The van der Waals surface area contributed by atoms with Crippen molar-refractivity contribution in [1.29, 1.82) is 0 Å². The zero-order valence-electron chi connectivity index (χ0n) is 13.1. The molecular formula is C16H28N4. The molecule has 2 fully saturated rings. The molecule has 0 aromatic carbocycles. The summed E-state index contributed by atoms with van der Waals surface area (Å²) < 4.78 is 2.47. The van der Waals surface area contributed by atoms with Crippen LogP contribution in [0.25, 0.3) is 0 Å². The van der Waals surface area contributed by atoms with Gasteiger partial charge in [0, 0.05) is 37.4 Å². The molecule has 4 heteroatoms. The maximum atomic E-state index is 4.84. The Morgan fingerprint density at radius 1 is 1.10 bits per heavy atom. The molecule has 112 valence electrons. The van der Waals surface area contributed by atoms with Crippen LogP contribution in [0.15, 0.2) is 6.20 Å². The van der Waals surface area contributed by atoms with Crippen LogP contribution in [0, 0.1) is 6.92 Å². The monoisotopic (exact) mass is 276 g/mol. The topological polar surface area (TPSA) is 33.1 Å². The summed E-state index contributed by atoms with van der Waals surface area (Å²) in [6.45, 7) is 8.78. The van der Waals surface area contributed by atoms with Crippen molar-refractivity contribution in [2.24, 2.45) is 0 Å². The maximum Gasteiger partial charge on any atom is 0.206 e. The molecule has 2 atom stereocenters. The first-order chi connectivity index (χ1) is 9.63. The first-order valence-electron chi connectivity index (χ1n) is 8.20. The Morgan fingerprint density at radius 2 is 1.75 bits per heavy atom. The van der Waals surface area contributed by atoms with Gasteiger partial charge in [0.2, 0.25) is 5.95 Å². The van der Waals surface area contributed by atoms with Crippen LogP contribution in [0.4, 0.5) is 5.95 Å². The SMILES string of the molecule is Cc1cn(C2CCCCC2)c(N2CC(C)NC(C)C2)n1. The second kappa shape index (κ2) is 5.76. The number of nitrogens with one attached hydrogen (secondary N) is 1. The maximum absolute atomic E-state index is 4.84. The van der Waals surface area contributed by atoms with Crippen molar-refractivity contribution in [2.75, 3.05) is 18.0 Å². The van der Waals surface area contributed by atoms with Crippen LogP contribution in [0.3, 0.4) is 0 Å². The average molecular weight is 276 g/mol. The fraction of sp³-hybridized carbons (Fsp3) is 0.812. The summed E-state index contributed by atoms with van der Waals surface area (Å²) in [6, 6.07) is 1.74. The molecule has 0 spiro atoms. The molecule has 20 heavy (non-hydrogen) atoms. The van der Waals surface area contributed by atoms with Crippen LogP contribution in [-0.2, 0) is 0 Å². The number of piperazine rings is 1. The van der Waals surface area contributed by atoms with Gasteiger partial charge in [0.1, 0.15) is 0 Å². The molecule has 1 aromatic heterocycles. The predicted molar refractivity (Wildman–Crippen MR) is 83.4 cm³/mol.